The number of rotatable bonds is 3. The number of allylic oxidation sites excluding steroid dienone is 2. The molecule has 8 unspecified atom stereocenters. The molecule has 0 spiro atoms. The molecular weight excluding hydrogens is 428 g/mol. The summed E-state index contributed by atoms with van der Waals surface area (Å²) in [5.74, 6) is 3.77. The number of hydrogen-bond acceptors (Lipinski definition) is 2. The molecule has 8 atom stereocenters. The zero-order valence-electron chi connectivity index (χ0n) is 22.5. The zero-order chi connectivity index (χ0) is 24.5. The molecule has 0 aliphatic heterocycles. The summed E-state index contributed by atoms with van der Waals surface area (Å²) in [5.41, 5.74) is 2.06. The van der Waals surface area contributed by atoms with Gasteiger partial charge in [0.15, 0.2) is 0 Å². The van der Waals surface area contributed by atoms with Crippen molar-refractivity contribution in [2.75, 3.05) is 0 Å². The smallest absolute Gasteiger partial charge is 0.312 e. The van der Waals surface area contributed by atoms with Crippen molar-refractivity contribution in [2.24, 2.45) is 51.2 Å². The van der Waals surface area contributed by atoms with Crippen LogP contribution < -0.4 is 0 Å². The van der Waals surface area contributed by atoms with E-state index in [1.165, 1.54) is 51.4 Å². The summed E-state index contributed by atoms with van der Waals surface area (Å²) in [6.45, 7) is 10.7. The first-order valence-corrected chi connectivity index (χ1v) is 14.6. The van der Waals surface area contributed by atoms with Gasteiger partial charge in [-0.05, 0) is 109 Å². The second-order valence-corrected chi connectivity index (χ2v) is 14.2. The largest absolute Gasteiger partial charge is 0.460 e. The third-order valence-corrected chi connectivity index (χ3v) is 12.4. The maximum atomic E-state index is 13.7. The van der Waals surface area contributed by atoms with Crippen LogP contribution in [0.25, 0.3) is 0 Å². The topological polar surface area (TPSA) is 26.3 Å². The summed E-state index contributed by atoms with van der Waals surface area (Å²) < 4.78 is 6.05. The highest BCUT2D eigenvalue weighted by Gasteiger charge is 2.66. The molecule has 0 saturated heterocycles. The number of benzene rings is 1. The van der Waals surface area contributed by atoms with Gasteiger partial charge < -0.3 is 4.74 Å². The summed E-state index contributed by atoms with van der Waals surface area (Å²) in [4.78, 5) is 13.7. The first-order chi connectivity index (χ1) is 16.7. The van der Waals surface area contributed by atoms with Crippen molar-refractivity contribution >= 4 is 5.97 Å². The van der Waals surface area contributed by atoms with Crippen LogP contribution in [-0.4, -0.2) is 5.97 Å². The van der Waals surface area contributed by atoms with E-state index < -0.39 is 0 Å². The van der Waals surface area contributed by atoms with E-state index in [2.05, 4.69) is 52.0 Å². The van der Waals surface area contributed by atoms with Gasteiger partial charge in [-0.3, -0.25) is 4.79 Å². The Hall–Kier alpha value is -1.57. The third kappa shape index (κ3) is 3.44. The number of hydrogen-bond donors (Lipinski definition) is 0. The fourth-order valence-corrected chi connectivity index (χ4v) is 11.0. The second-order valence-electron chi connectivity index (χ2n) is 14.2. The summed E-state index contributed by atoms with van der Waals surface area (Å²) in [6, 6.07) is 10.2. The van der Waals surface area contributed by atoms with Crippen molar-refractivity contribution in [1.29, 1.82) is 0 Å². The van der Waals surface area contributed by atoms with Gasteiger partial charge in [0.25, 0.3) is 0 Å². The Morgan fingerprint density at radius 2 is 1.66 bits per heavy atom. The first kappa shape index (κ1) is 23.8. The molecule has 0 heterocycles. The lowest BCUT2D eigenvalue weighted by Gasteiger charge is -2.67. The Bertz CT molecular complexity index is 994. The van der Waals surface area contributed by atoms with Crippen molar-refractivity contribution in [3.05, 3.63) is 48.0 Å². The summed E-state index contributed by atoms with van der Waals surface area (Å²) in [5, 5.41) is 0. The van der Waals surface area contributed by atoms with Gasteiger partial charge in [0, 0.05) is 0 Å². The predicted octanol–water partition coefficient (Wildman–Crippen LogP) is 8.36. The van der Waals surface area contributed by atoms with E-state index in [1.54, 1.807) is 0 Å². The number of ether oxygens (including phenoxy) is 1. The van der Waals surface area contributed by atoms with E-state index in [0.29, 0.717) is 34.7 Å². The van der Waals surface area contributed by atoms with Crippen molar-refractivity contribution in [2.45, 2.75) is 98.5 Å². The van der Waals surface area contributed by atoms with Crippen molar-refractivity contribution in [3.63, 3.8) is 0 Å². The highest BCUT2D eigenvalue weighted by molar-refractivity contribution is 5.78. The van der Waals surface area contributed by atoms with Crippen LogP contribution in [-0.2, 0) is 16.1 Å². The highest BCUT2D eigenvalue weighted by Crippen LogP contribution is 2.72. The number of esters is 1. The first-order valence-electron chi connectivity index (χ1n) is 14.6. The second kappa shape index (κ2) is 8.22. The normalized spacial score (nSPS) is 45.5. The molecule has 0 amide bonds. The molecule has 4 fully saturated rings. The fourth-order valence-electron chi connectivity index (χ4n) is 11.0. The molecule has 6 rings (SSSR count). The lowest BCUT2D eigenvalue weighted by Crippen LogP contribution is -2.61. The molecule has 5 aliphatic carbocycles. The summed E-state index contributed by atoms with van der Waals surface area (Å²) in [7, 11) is 0. The Kier molecular flexibility index (Phi) is 5.59. The number of carbonyl (C=O) groups is 1. The van der Waals surface area contributed by atoms with Crippen molar-refractivity contribution < 1.29 is 9.53 Å². The van der Waals surface area contributed by atoms with Crippen molar-refractivity contribution in [3.8, 4) is 0 Å². The van der Waals surface area contributed by atoms with Crippen LogP contribution in [0, 0.1) is 51.2 Å². The molecule has 0 radical (unpaired) electrons. The Labute approximate surface area is 213 Å². The minimum atomic E-state index is -0.212. The Morgan fingerprint density at radius 1 is 0.857 bits per heavy atom. The number of carbonyl (C=O) groups excluding carboxylic acids is 1. The van der Waals surface area contributed by atoms with Crippen LogP contribution in [0.5, 0.6) is 0 Å². The van der Waals surface area contributed by atoms with E-state index in [0.717, 1.165) is 36.2 Å². The van der Waals surface area contributed by atoms with Gasteiger partial charge in [-0.25, -0.2) is 0 Å². The van der Waals surface area contributed by atoms with Gasteiger partial charge in [0.1, 0.15) is 6.61 Å². The van der Waals surface area contributed by atoms with Gasteiger partial charge in [-0.15, -0.1) is 0 Å². The standard InChI is InChI=1S/C33H46O2/c1-30(2)17-9-18-32(4)27(30)16-20-31(3)25-15-21-33(29(34)35-22-23-10-6-5-7-11-23)19-8-12-26(33)24(25)13-14-28(31)32/h5-7,9-11,17,24-28H,8,12-16,18-22H2,1-4H3. The van der Waals surface area contributed by atoms with E-state index in [4.69, 9.17) is 4.74 Å². The quantitative estimate of drug-likeness (QED) is 0.325. The van der Waals surface area contributed by atoms with Gasteiger partial charge in [-0.2, -0.15) is 0 Å². The average molecular weight is 475 g/mol. The van der Waals surface area contributed by atoms with Crippen LogP contribution in [0.1, 0.15) is 97.5 Å². The highest BCUT2D eigenvalue weighted by atomic mass is 16.5. The van der Waals surface area contributed by atoms with Gasteiger partial charge in [0.2, 0.25) is 0 Å². The average Bonchev–Trinajstić information content (AvgIpc) is 3.28. The molecule has 0 N–H and O–H groups in total. The number of fused-ring (bicyclic) bond motifs is 7. The molecule has 35 heavy (non-hydrogen) atoms. The minimum Gasteiger partial charge on any atom is -0.460 e. The molecule has 1 aromatic carbocycles. The zero-order valence-corrected chi connectivity index (χ0v) is 22.5. The van der Waals surface area contributed by atoms with Gasteiger partial charge in [-0.1, -0.05) is 76.6 Å². The molecule has 4 saturated carbocycles. The van der Waals surface area contributed by atoms with Crippen LogP contribution in [0.2, 0.25) is 0 Å². The van der Waals surface area contributed by atoms with E-state index in [9.17, 15) is 4.79 Å². The lowest BCUT2D eigenvalue weighted by atomic mass is 9.37. The van der Waals surface area contributed by atoms with E-state index in [1.807, 2.05) is 18.2 Å². The molecule has 5 aliphatic rings. The maximum absolute atomic E-state index is 13.7. The SMILES string of the molecule is CC1(C)C=CCC2(C)C1CCC1(C)C3CCC4(C(=O)OCc5ccccc5)CCCC4C3CCC12. The predicted molar refractivity (Wildman–Crippen MR) is 141 cm³/mol. The molecule has 0 aromatic heterocycles. The maximum Gasteiger partial charge on any atom is 0.312 e. The van der Waals surface area contributed by atoms with E-state index in [-0.39, 0.29) is 11.4 Å². The third-order valence-electron chi connectivity index (χ3n) is 12.4. The van der Waals surface area contributed by atoms with Crippen molar-refractivity contribution in [1.82, 2.24) is 0 Å². The molecule has 2 nitrogen and oxygen atoms in total. The summed E-state index contributed by atoms with van der Waals surface area (Å²) in [6.07, 6.45) is 17.5. The molecule has 2 heteroatoms. The Balaban J connectivity index is 1.24. The molecule has 0 bridgehead atoms. The Morgan fingerprint density at radius 3 is 2.46 bits per heavy atom. The van der Waals surface area contributed by atoms with Gasteiger partial charge >= 0.3 is 5.97 Å². The fraction of sp³-hybridized carbons (Fsp3) is 0.727. The molecule has 1 aromatic rings. The minimum absolute atomic E-state index is 0.115. The molecular formula is C33H46O2. The van der Waals surface area contributed by atoms with Crippen LogP contribution >= 0.6 is 0 Å². The monoisotopic (exact) mass is 474 g/mol. The van der Waals surface area contributed by atoms with Crippen LogP contribution in [0.15, 0.2) is 42.5 Å². The van der Waals surface area contributed by atoms with E-state index >= 15 is 0 Å². The lowest BCUT2D eigenvalue weighted by molar-refractivity contribution is -0.192. The van der Waals surface area contributed by atoms with Crippen LogP contribution in [0.3, 0.4) is 0 Å². The molecule has 190 valence electrons. The van der Waals surface area contributed by atoms with Crippen LogP contribution in [0.4, 0.5) is 0 Å². The summed E-state index contributed by atoms with van der Waals surface area (Å²) >= 11 is 0. The van der Waals surface area contributed by atoms with Gasteiger partial charge in [0.05, 0.1) is 5.41 Å².